The van der Waals surface area contributed by atoms with E-state index in [9.17, 15) is 4.79 Å². The molecule has 0 saturated heterocycles. The van der Waals surface area contributed by atoms with Gasteiger partial charge in [-0.3, -0.25) is 4.79 Å². The minimum Gasteiger partial charge on any atom is -0.483 e. The van der Waals surface area contributed by atoms with Gasteiger partial charge in [0.15, 0.2) is 6.61 Å². The van der Waals surface area contributed by atoms with E-state index in [2.05, 4.69) is 10.6 Å². The van der Waals surface area contributed by atoms with Crippen LogP contribution in [-0.4, -0.2) is 24.1 Å². The van der Waals surface area contributed by atoms with Crippen LogP contribution in [0.2, 0.25) is 5.02 Å². The zero-order valence-electron chi connectivity index (χ0n) is 16.8. The molecular weight excluding hydrogens is 383 g/mol. The Morgan fingerprint density at radius 2 is 1.78 bits per heavy atom. The summed E-state index contributed by atoms with van der Waals surface area (Å²) in [6, 6.07) is 6.13. The minimum absolute atomic E-state index is 0. The van der Waals surface area contributed by atoms with Gasteiger partial charge in [-0.25, -0.2) is 0 Å². The van der Waals surface area contributed by atoms with E-state index in [0.717, 1.165) is 11.3 Å². The van der Waals surface area contributed by atoms with Gasteiger partial charge in [0.25, 0.3) is 5.91 Å². The standard InChI is InChI=1S/C21H33ClN2O2.ClH/c1-21(2,3)24-20(25)15-26-19-12-11-17(22)13-16(19)14-23-18-9-7-5-4-6-8-10-18;/h11-13,18,23H,4-10,14-15H2,1-3H3,(H,24,25);1H. The molecule has 1 aliphatic carbocycles. The Morgan fingerprint density at radius 1 is 1.15 bits per heavy atom. The summed E-state index contributed by atoms with van der Waals surface area (Å²) in [4.78, 5) is 12.0. The first kappa shape index (κ1) is 24.1. The lowest BCUT2D eigenvalue weighted by Gasteiger charge is -2.22. The lowest BCUT2D eigenvalue weighted by Crippen LogP contribution is -2.43. The number of carbonyl (C=O) groups is 1. The van der Waals surface area contributed by atoms with E-state index in [4.69, 9.17) is 16.3 Å². The molecule has 0 atom stereocenters. The maximum absolute atomic E-state index is 12.0. The smallest absolute Gasteiger partial charge is 0.258 e. The summed E-state index contributed by atoms with van der Waals surface area (Å²) in [7, 11) is 0. The summed E-state index contributed by atoms with van der Waals surface area (Å²) in [6.45, 7) is 6.59. The van der Waals surface area contributed by atoms with Gasteiger partial charge in [0.05, 0.1) is 0 Å². The summed E-state index contributed by atoms with van der Waals surface area (Å²) < 4.78 is 5.77. The second kappa shape index (κ2) is 11.8. The van der Waals surface area contributed by atoms with Gasteiger partial charge < -0.3 is 15.4 Å². The fraction of sp³-hybridized carbons (Fsp3) is 0.667. The van der Waals surface area contributed by atoms with Crippen LogP contribution in [0.4, 0.5) is 0 Å². The SMILES string of the molecule is CC(C)(C)NC(=O)COc1ccc(Cl)cc1CNC1CCCCCCC1.Cl. The molecule has 4 nitrogen and oxygen atoms in total. The monoisotopic (exact) mass is 416 g/mol. The lowest BCUT2D eigenvalue weighted by atomic mass is 9.96. The highest BCUT2D eigenvalue weighted by molar-refractivity contribution is 6.30. The maximum Gasteiger partial charge on any atom is 0.258 e. The minimum atomic E-state index is -0.261. The number of carbonyl (C=O) groups excluding carboxylic acids is 1. The molecule has 0 radical (unpaired) electrons. The molecule has 1 aliphatic rings. The van der Waals surface area contributed by atoms with E-state index < -0.39 is 0 Å². The fourth-order valence-corrected chi connectivity index (χ4v) is 3.53. The average molecular weight is 417 g/mol. The summed E-state index contributed by atoms with van der Waals surface area (Å²) in [5.41, 5.74) is 0.742. The van der Waals surface area contributed by atoms with Crippen molar-refractivity contribution in [2.45, 2.75) is 83.8 Å². The predicted octanol–water partition coefficient (Wildman–Crippen LogP) is 5.26. The number of hydrogen-bond donors (Lipinski definition) is 2. The van der Waals surface area contributed by atoms with Crippen LogP contribution in [0.15, 0.2) is 18.2 Å². The van der Waals surface area contributed by atoms with Crippen molar-refractivity contribution in [2.75, 3.05) is 6.61 Å². The highest BCUT2D eigenvalue weighted by atomic mass is 35.5. The van der Waals surface area contributed by atoms with Crippen LogP contribution in [0.1, 0.15) is 71.3 Å². The van der Waals surface area contributed by atoms with Crippen LogP contribution in [0.3, 0.4) is 0 Å². The van der Waals surface area contributed by atoms with Crippen molar-refractivity contribution < 1.29 is 9.53 Å². The van der Waals surface area contributed by atoms with Crippen LogP contribution >= 0.6 is 24.0 Å². The third kappa shape index (κ3) is 9.68. The van der Waals surface area contributed by atoms with Crippen molar-refractivity contribution in [3.05, 3.63) is 28.8 Å². The quantitative estimate of drug-likeness (QED) is 0.664. The molecule has 154 valence electrons. The maximum atomic E-state index is 12.0. The number of amides is 1. The zero-order valence-corrected chi connectivity index (χ0v) is 18.3. The number of ether oxygens (including phenoxy) is 1. The van der Waals surface area contributed by atoms with Crippen molar-refractivity contribution in [3.8, 4) is 5.75 Å². The summed E-state index contributed by atoms with van der Waals surface area (Å²) in [5, 5.41) is 7.26. The van der Waals surface area contributed by atoms with E-state index in [-0.39, 0.29) is 30.5 Å². The Labute approximate surface area is 175 Å². The van der Waals surface area contributed by atoms with Crippen molar-refractivity contribution in [1.29, 1.82) is 0 Å². The highest BCUT2D eigenvalue weighted by Crippen LogP contribution is 2.24. The molecule has 6 heteroatoms. The molecule has 0 spiro atoms. The number of nitrogens with one attached hydrogen (secondary N) is 2. The molecule has 0 aliphatic heterocycles. The zero-order chi connectivity index (χ0) is 19.0. The molecule has 0 aromatic heterocycles. The first-order chi connectivity index (χ1) is 12.3. The molecule has 1 aromatic rings. The van der Waals surface area contributed by atoms with Gasteiger partial charge in [-0.1, -0.05) is 43.7 Å². The van der Waals surface area contributed by atoms with Crippen LogP contribution < -0.4 is 15.4 Å². The second-order valence-electron chi connectivity index (χ2n) is 8.26. The molecule has 2 N–H and O–H groups in total. The fourth-order valence-electron chi connectivity index (χ4n) is 3.34. The number of rotatable bonds is 6. The van der Waals surface area contributed by atoms with Crippen LogP contribution in [-0.2, 0) is 11.3 Å². The molecule has 1 saturated carbocycles. The molecule has 0 unspecified atom stereocenters. The molecule has 1 fully saturated rings. The van der Waals surface area contributed by atoms with Crippen LogP contribution in [0.5, 0.6) is 5.75 Å². The van der Waals surface area contributed by atoms with E-state index >= 15 is 0 Å². The van der Waals surface area contributed by atoms with E-state index in [1.807, 2.05) is 32.9 Å². The average Bonchev–Trinajstić information content (AvgIpc) is 2.51. The van der Waals surface area contributed by atoms with Crippen molar-refractivity contribution in [2.24, 2.45) is 0 Å². The van der Waals surface area contributed by atoms with Crippen molar-refractivity contribution >= 4 is 29.9 Å². The van der Waals surface area contributed by atoms with Crippen LogP contribution in [0.25, 0.3) is 0 Å². The van der Waals surface area contributed by atoms with Gasteiger partial charge in [-0.15, -0.1) is 12.4 Å². The number of halogens is 2. The van der Waals surface area contributed by atoms with Crippen molar-refractivity contribution in [3.63, 3.8) is 0 Å². The van der Waals surface area contributed by atoms with Gasteiger partial charge in [-0.2, -0.15) is 0 Å². The molecule has 2 rings (SSSR count). The first-order valence-electron chi connectivity index (χ1n) is 9.79. The Kier molecular flexibility index (Phi) is 10.5. The number of benzene rings is 1. The Hall–Kier alpha value is -0.970. The summed E-state index contributed by atoms with van der Waals surface area (Å²) >= 11 is 6.17. The predicted molar refractivity (Wildman–Crippen MR) is 115 cm³/mol. The highest BCUT2D eigenvalue weighted by Gasteiger charge is 2.16. The Balaban J connectivity index is 0.00000364. The third-order valence-corrected chi connectivity index (χ3v) is 4.82. The van der Waals surface area contributed by atoms with Gasteiger partial charge in [0.1, 0.15) is 5.75 Å². The first-order valence-corrected chi connectivity index (χ1v) is 10.2. The van der Waals surface area contributed by atoms with E-state index in [1.54, 1.807) is 6.07 Å². The topological polar surface area (TPSA) is 50.4 Å². The summed E-state index contributed by atoms with van der Waals surface area (Å²) in [5.74, 6) is 0.600. The number of hydrogen-bond acceptors (Lipinski definition) is 3. The van der Waals surface area contributed by atoms with Gasteiger partial charge >= 0.3 is 0 Å². The Morgan fingerprint density at radius 3 is 2.41 bits per heavy atom. The van der Waals surface area contributed by atoms with E-state index in [1.165, 1.54) is 44.9 Å². The molecule has 1 amide bonds. The largest absolute Gasteiger partial charge is 0.483 e. The van der Waals surface area contributed by atoms with Gasteiger partial charge in [0.2, 0.25) is 0 Å². The normalized spacial score (nSPS) is 16.0. The molecular formula is C21H34Cl2N2O2. The van der Waals surface area contributed by atoms with Gasteiger partial charge in [0, 0.05) is 28.7 Å². The molecule has 0 bridgehead atoms. The molecule has 0 heterocycles. The molecule has 27 heavy (non-hydrogen) atoms. The van der Waals surface area contributed by atoms with Gasteiger partial charge in [-0.05, 0) is 51.8 Å². The van der Waals surface area contributed by atoms with E-state index in [0.29, 0.717) is 17.6 Å². The second-order valence-corrected chi connectivity index (χ2v) is 8.70. The summed E-state index contributed by atoms with van der Waals surface area (Å²) in [6.07, 6.45) is 9.09. The van der Waals surface area contributed by atoms with Crippen LogP contribution in [0, 0.1) is 0 Å². The van der Waals surface area contributed by atoms with Crippen molar-refractivity contribution in [1.82, 2.24) is 10.6 Å². The Bertz CT molecular complexity index is 580. The molecule has 1 aromatic carbocycles. The third-order valence-electron chi connectivity index (χ3n) is 4.58. The lowest BCUT2D eigenvalue weighted by molar-refractivity contribution is -0.124.